The third kappa shape index (κ3) is 10.6. The summed E-state index contributed by atoms with van der Waals surface area (Å²) < 4.78 is 0. The number of anilines is 1. The van der Waals surface area contributed by atoms with E-state index in [4.69, 9.17) is 5.11 Å². The average Bonchev–Trinajstić information content (AvgIpc) is 2.88. The maximum Gasteiger partial charge on any atom is 0.303 e. The van der Waals surface area contributed by atoms with Crippen LogP contribution in [0.1, 0.15) is 94.6 Å². The van der Waals surface area contributed by atoms with Gasteiger partial charge in [-0.05, 0) is 42.2 Å². The summed E-state index contributed by atoms with van der Waals surface area (Å²) in [4.78, 5) is 36.4. The zero-order valence-corrected chi connectivity index (χ0v) is 21.7. The van der Waals surface area contributed by atoms with Gasteiger partial charge < -0.3 is 15.7 Å². The fourth-order valence-corrected chi connectivity index (χ4v) is 4.79. The highest BCUT2D eigenvalue weighted by atomic mass is 16.4. The van der Waals surface area contributed by atoms with E-state index >= 15 is 0 Å². The molecule has 0 saturated heterocycles. The number of carbonyl (C=O) groups excluding carboxylic acids is 2. The lowest BCUT2D eigenvalue weighted by atomic mass is 9.96. The second kappa shape index (κ2) is 15.6. The number of rotatable bonds is 8. The highest BCUT2D eigenvalue weighted by molar-refractivity contribution is 6.24. The lowest BCUT2D eigenvalue weighted by Gasteiger charge is -2.21. The van der Waals surface area contributed by atoms with E-state index in [2.05, 4.69) is 10.6 Å². The summed E-state index contributed by atoms with van der Waals surface area (Å²) in [5.41, 5.74) is 2.77. The Kier molecular flexibility index (Phi) is 11.9. The normalized spacial score (nSPS) is 16.2. The molecule has 2 aromatic rings. The lowest BCUT2D eigenvalue weighted by molar-refractivity contribution is -0.138. The van der Waals surface area contributed by atoms with E-state index < -0.39 is 5.97 Å². The Hall–Kier alpha value is -3.41. The molecule has 0 heterocycles. The zero-order valence-electron chi connectivity index (χ0n) is 21.7. The molecule has 3 N–H and O–H groups in total. The van der Waals surface area contributed by atoms with Gasteiger partial charge in [-0.1, -0.05) is 100 Å². The van der Waals surface area contributed by atoms with Crippen molar-refractivity contribution in [3.8, 4) is 0 Å². The van der Waals surface area contributed by atoms with Crippen LogP contribution in [0.15, 0.2) is 54.6 Å². The van der Waals surface area contributed by atoms with Crippen LogP contribution < -0.4 is 10.6 Å². The number of carboxylic acids is 1. The SMILES string of the molecule is O=C(O)CCC(=O)Nc1cccc(/C=C(\C(=O)NC2CCCCCCCCCCC2)c2ccccc2)c1. The van der Waals surface area contributed by atoms with Crippen LogP contribution in [-0.4, -0.2) is 28.9 Å². The van der Waals surface area contributed by atoms with Gasteiger partial charge in [-0.3, -0.25) is 14.4 Å². The summed E-state index contributed by atoms with van der Waals surface area (Å²) in [6.07, 6.45) is 14.8. The molecule has 0 radical (unpaired) electrons. The predicted octanol–water partition coefficient (Wildman–Crippen LogP) is 6.82. The molecule has 1 aliphatic carbocycles. The molecule has 0 aliphatic heterocycles. The number of aliphatic carboxylic acids is 1. The minimum absolute atomic E-state index is 0.0841. The molecule has 0 spiro atoms. The first-order valence-electron chi connectivity index (χ1n) is 13.7. The molecule has 3 rings (SSSR count). The Morgan fingerprint density at radius 3 is 2.03 bits per heavy atom. The number of carboxylic acid groups (broad SMARTS) is 1. The summed E-state index contributed by atoms with van der Waals surface area (Å²) in [5, 5.41) is 14.9. The molecule has 0 unspecified atom stereocenters. The Bertz CT molecular complexity index is 1040. The smallest absolute Gasteiger partial charge is 0.303 e. The van der Waals surface area contributed by atoms with Gasteiger partial charge >= 0.3 is 5.97 Å². The molecule has 37 heavy (non-hydrogen) atoms. The summed E-state index contributed by atoms with van der Waals surface area (Å²) in [5.74, 6) is -1.45. The van der Waals surface area contributed by atoms with Gasteiger partial charge in [0, 0.05) is 23.7 Å². The predicted molar refractivity (Wildman–Crippen MR) is 149 cm³/mol. The Morgan fingerprint density at radius 1 is 0.784 bits per heavy atom. The van der Waals surface area contributed by atoms with Crippen molar-refractivity contribution in [3.05, 3.63) is 65.7 Å². The third-order valence-corrected chi connectivity index (χ3v) is 6.82. The molecule has 1 saturated carbocycles. The van der Waals surface area contributed by atoms with E-state index in [1.165, 1.54) is 44.9 Å². The van der Waals surface area contributed by atoms with Gasteiger partial charge in [0.25, 0.3) is 5.91 Å². The number of hydrogen-bond donors (Lipinski definition) is 3. The molecule has 2 amide bonds. The van der Waals surface area contributed by atoms with Crippen LogP contribution in [0.5, 0.6) is 0 Å². The topological polar surface area (TPSA) is 95.5 Å². The first-order valence-corrected chi connectivity index (χ1v) is 13.7. The van der Waals surface area contributed by atoms with Crippen LogP contribution in [0.25, 0.3) is 11.6 Å². The van der Waals surface area contributed by atoms with E-state index in [9.17, 15) is 14.4 Å². The van der Waals surface area contributed by atoms with Crippen molar-refractivity contribution in [2.45, 2.75) is 89.5 Å². The molecular weight excluding hydrogens is 464 g/mol. The van der Waals surface area contributed by atoms with Crippen LogP contribution in [0.4, 0.5) is 5.69 Å². The second-order valence-corrected chi connectivity index (χ2v) is 9.92. The second-order valence-electron chi connectivity index (χ2n) is 9.92. The summed E-state index contributed by atoms with van der Waals surface area (Å²) in [6.45, 7) is 0. The molecule has 6 nitrogen and oxygen atoms in total. The highest BCUT2D eigenvalue weighted by Crippen LogP contribution is 2.23. The zero-order chi connectivity index (χ0) is 26.3. The molecule has 198 valence electrons. The Labute approximate surface area is 220 Å². The number of nitrogens with one attached hydrogen (secondary N) is 2. The van der Waals surface area contributed by atoms with Gasteiger partial charge in [-0.2, -0.15) is 0 Å². The van der Waals surface area contributed by atoms with Gasteiger partial charge in [-0.15, -0.1) is 0 Å². The first-order chi connectivity index (χ1) is 18.0. The van der Waals surface area contributed by atoms with E-state index in [-0.39, 0.29) is 30.7 Å². The van der Waals surface area contributed by atoms with Crippen molar-refractivity contribution in [1.82, 2.24) is 5.32 Å². The van der Waals surface area contributed by atoms with Crippen molar-refractivity contribution >= 4 is 35.1 Å². The van der Waals surface area contributed by atoms with E-state index in [0.29, 0.717) is 11.3 Å². The molecule has 1 fully saturated rings. The van der Waals surface area contributed by atoms with Gasteiger partial charge in [0.15, 0.2) is 0 Å². The fourth-order valence-electron chi connectivity index (χ4n) is 4.79. The van der Waals surface area contributed by atoms with Crippen LogP contribution in [0, 0.1) is 0 Å². The van der Waals surface area contributed by atoms with Crippen molar-refractivity contribution in [2.24, 2.45) is 0 Å². The van der Waals surface area contributed by atoms with Crippen molar-refractivity contribution in [2.75, 3.05) is 5.32 Å². The maximum absolute atomic E-state index is 13.6. The monoisotopic (exact) mass is 504 g/mol. The number of hydrogen-bond acceptors (Lipinski definition) is 3. The van der Waals surface area contributed by atoms with Crippen molar-refractivity contribution in [3.63, 3.8) is 0 Å². The fraction of sp³-hybridized carbons (Fsp3) is 0.452. The van der Waals surface area contributed by atoms with E-state index in [1.807, 2.05) is 48.5 Å². The Morgan fingerprint density at radius 2 is 1.41 bits per heavy atom. The Balaban J connectivity index is 1.76. The highest BCUT2D eigenvalue weighted by Gasteiger charge is 2.18. The molecule has 0 bridgehead atoms. The quantitative estimate of drug-likeness (QED) is 0.271. The van der Waals surface area contributed by atoms with Gasteiger partial charge in [-0.25, -0.2) is 0 Å². The van der Waals surface area contributed by atoms with Crippen LogP contribution >= 0.6 is 0 Å². The van der Waals surface area contributed by atoms with E-state index in [1.54, 1.807) is 12.1 Å². The van der Waals surface area contributed by atoms with Crippen molar-refractivity contribution < 1.29 is 19.5 Å². The minimum atomic E-state index is -1.01. The lowest BCUT2D eigenvalue weighted by Crippen LogP contribution is -2.35. The summed E-state index contributed by atoms with van der Waals surface area (Å²) in [6, 6.07) is 17.1. The molecular formula is C31H40N2O4. The molecule has 2 aromatic carbocycles. The van der Waals surface area contributed by atoms with Gasteiger partial charge in [0.05, 0.1) is 6.42 Å². The summed E-state index contributed by atoms with van der Waals surface area (Å²) >= 11 is 0. The number of benzene rings is 2. The van der Waals surface area contributed by atoms with Crippen LogP contribution in [0.2, 0.25) is 0 Å². The molecule has 1 aliphatic rings. The average molecular weight is 505 g/mol. The van der Waals surface area contributed by atoms with E-state index in [0.717, 1.165) is 36.8 Å². The molecule has 6 heteroatoms. The van der Waals surface area contributed by atoms with Crippen LogP contribution in [0.3, 0.4) is 0 Å². The maximum atomic E-state index is 13.6. The van der Waals surface area contributed by atoms with Crippen LogP contribution in [-0.2, 0) is 14.4 Å². The number of carbonyl (C=O) groups is 3. The first kappa shape index (κ1) is 28.2. The minimum Gasteiger partial charge on any atom is -0.481 e. The van der Waals surface area contributed by atoms with Crippen molar-refractivity contribution in [1.29, 1.82) is 0 Å². The van der Waals surface area contributed by atoms with Gasteiger partial charge in [0.1, 0.15) is 0 Å². The summed E-state index contributed by atoms with van der Waals surface area (Å²) in [7, 11) is 0. The largest absolute Gasteiger partial charge is 0.481 e. The molecule has 0 atom stereocenters. The number of amides is 2. The third-order valence-electron chi connectivity index (χ3n) is 6.82. The molecule has 0 aromatic heterocycles. The van der Waals surface area contributed by atoms with Gasteiger partial charge in [0.2, 0.25) is 5.91 Å². The standard InChI is InChI=1S/C31H40N2O4/c34-29(20-21-30(35)36)32-27-19-13-14-24(22-27)23-28(25-15-9-8-10-16-25)31(37)33-26-17-11-6-4-2-1-3-5-7-12-18-26/h8-10,13-16,19,22-23,26H,1-7,11-12,17-18,20-21H2,(H,32,34)(H,33,37)(H,35,36)/b28-23-.